The molecular weight excluding hydrogens is 318 g/mol. The quantitative estimate of drug-likeness (QED) is 0.667. The minimum absolute atomic E-state index is 0.0440. The number of benzene rings is 1. The van der Waals surface area contributed by atoms with Crippen LogP contribution in [0, 0.1) is 5.92 Å². The largest absolute Gasteiger partial charge is 0.393 e. The predicted octanol–water partition coefficient (Wildman–Crippen LogP) is 2.06. The van der Waals surface area contributed by atoms with E-state index in [4.69, 9.17) is 0 Å². The second kappa shape index (κ2) is 7.61. The molecule has 0 radical (unpaired) electrons. The first-order valence-electron chi connectivity index (χ1n) is 8.64. The van der Waals surface area contributed by atoms with Crippen LogP contribution in [0.5, 0.6) is 0 Å². The van der Waals surface area contributed by atoms with Gasteiger partial charge in [-0.05, 0) is 25.0 Å². The first-order chi connectivity index (χ1) is 12.1. The highest BCUT2D eigenvalue weighted by Gasteiger charge is 2.28. The van der Waals surface area contributed by atoms with Crippen LogP contribution in [0.3, 0.4) is 0 Å². The van der Waals surface area contributed by atoms with E-state index in [1.54, 1.807) is 17.9 Å². The number of aliphatic hydroxyl groups excluding tert-OH is 1. The van der Waals surface area contributed by atoms with Gasteiger partial charge in [0.15, 0.2) is 0 Å². The number of hydrogen-bond donors (Lipinski definition) is 1. The average Bonchev–Trinajstić information content (AvgIpc) is 3.13. The summed E-state index contributed by atoms with van der Waals surface area (Å²) in [7, 11) is 1.61. The number of nitrogens with zero attached hydrogens (tertiary/aromatic N) is 3. The Bertz CT molecular complexity index is 741. The molecule has 2 unspecified atom stereocenters. The zero-order valence-corrected chi connectivity index (χ0v) is 14.3. The smallest absolute Gasteiger partial charge is 0.294 e. The summed E-state index contributed by atoms with van der Waals surface area (Å²) in [5, 5.41) is 14.2. The van der Waals surface area contributed by atoms with Crippen LogP contribution in [0.4, 0.5) is 0 Å². The number of para-hydroxylation sites is 1. The molecule has 1 aromatic carbocycles. The second-order valence-electron chi connectivity index (χ2n) is 6.64. The zero-order valence-electron chi connectivity index (χ0n) is 14.3. The Morgan fingerprint density at radius 2 is 1.96 bits per heavy atom. The van der Waals surface area contributed by atoms with Gasteiger partial charge in [0.1, 0.15) is 0 Å². The molecule has 1 saturated carbocycles. The fraction of sp³-hybridized carbons (Fsp3) is 0.421. The molecule has 3 rings (SSSR count). The maximum absolute atomic E-state index is 12.4. The molecule has 1 fully saturated rings. The first-order valence-corrected chi connectivity index (χ1v) is 8.64. The van der Waals surface area contributed by atoms with E-state index < -0.39 is 11.7 Å². The van der Waals surface area contributed by atoms with Crippen LogP contribution in [-0.2, 0) is 4.79 Å². The van der Waals surface area contributed by atoms with Gasteiger partial charge in [-0.25, -0.2) is 4.68 Å². The van der Waals surface area contributed by atoms with Gasteiger partial charge in [-0.2, -0.15) is 5.10 Å². The molecule has 1 N–H and O–H groups in total. The van der Waals surface area contributed by atoms with Gasteiger partial charge < -0.3 is 10.0 Å². The molecule has 2 atom stereocenters. The third-order valence-electron chi connectivity index (χ3n) is 4.78. The summed E-state index contributed by atoms with van der Waals surface area (Å²) < 4.78 is 1.57. The standard InChI is InChI=1S/C19H23N3O3/c1-21(12-14-7-5-6-10-17(14)23)19(25)18(24)15-11-20-22(13-15)16-8-3-2-4-9-16/h2-4,8-9,11,13-14,17,23H,5-7,10,12H2,1H3. The van der Waals surface area contributed by atoms with E-state index in [1.807, 2.05) is 30.3 Å². The SMILES string of the molecule is CN(CC1CCCCC1O)C(=O)C(=O)c1cnn(-c2ccccc2)c1. The van der Waals surface area contributed by atoms with E-state index in [-0.39, 0.29) is 17.6 Å². The Morgan fingerprint density at radius 3 is 2.68 bits per heavy atom. The van der Waals surface area contributed by atoms with Crippen LogP contribution >= 0.6 is 0 Å². The highest BCUT2D eigenvalue weighted by Crippen LogP contribution is 2.25. The number of amides is 1. The highest BCUT2D eigenvalue weighted by atomic mass is 16.3. The van der Waals surface area contributed by atoms with Crippen molar-refractivity contribution < 1.29 is 14.7 Å². The molecule has 2 aromatic rings. The molecule has 0 saturated heterocycles. The number of hydrogen-bond acceptors (Lipinski definition) is 4. The van der Waals surface area contributed by atoms with E-state index in [0.717, 1.165) is 31.4 Å². The fourth-order valence-corrected chi connectivity index (χ4v) is 3.29. The number of aliphatic hydroxyl groups is 1. The Balaban J connectivity index is 1.66. The summed E-state index contributed by atoms with van der Waals surface area (Å²) in [5.41, 5.74) is 1.09. The number of carbonyl (C=O) groups excluding carboxylic acids is 2. The molecule has 1 aliphatic rings. The summed E-state index contributed by atoms with van der Waals surface area (Å²) in [6.45, 7) is 0.401. The maximum atomic E-state index is 12.4. The Labute approximate surface area is 147 Å². The molecule has 0 spiro atoms. The topological polar surface area (TPSA) is 75.4 Å². The number of aromatic nitrogens is 2. The molecule has 1 heterocycles. The molecule has 1 amide bonds. The molecule has 25 heavy (non-hydrogen) atoms. The lowest BCUT2D eigenvalue weighted by Gasteiger charge is -2.30. The lowest BCUT2D eigenvalue weighted by molar-refractivity contribution is -0.126. The second-order valence-corrected chi connectivity index (χ2v) is 6.64. The Kier molecular flexibility index (Phi) is 5.28. The first kappa shape index (κ1) is 17.4. The molecule has 132 valence electrons. The van der Waals surface area contributed by atoms with Crippen LogP contribution in [0.25, 0.3) is 5.69 Å². The van der Waals surface area contributed by atoms with Crippen LogP contribution in [0.2, 0.25) is 0 Å². The number of likely N-dealkylation sites (N-methyl/N-ethyl adjacent to an activating group) is 1. The van der Waals surface area contributed by atoms with Crippen LogP contribution < -0.4 is 0 Å². The summed E-state index contributed by atoms with van der Waals surface area (Å²) in [5.74, 6) is -1.09. The van der Waals surface area contributed by atoms with E-state index in [1.165, 1.54) is 11.1 Å². The minimum Gasteiger partial charge on any atom is -0.393 e. The lowest BCUT2D eigenvalue weighted by Crippen LogP contribution is -2.40. The monoisotopic (exact) mass is 341 g/mol. The van der Waals surface area contributed by atoms with Crippen molar-refractivity contribution in [3.05, 3.63) is 48.3 Å². The lowest BCUT2D eigenvalue weighted by atomic mass is 9.86. The van der Waals surface area contributed by atoms with Gasteiger partial charge in [0.25, 0.3) is 11.7 Å². The van der Waals surface area contributed by atoms with Gasteiger partial charge in [0.05, 0.1) is 23.6 Å². The Morgan fingerprint density at radius 1 is 1.24 bits per heavy atom. The van der Waals surface area contributed by atoms with Crippen LogP contribution in [0.15, 0.2) is 42.7 Å². The van der Waals surface area contributed by atoms with Crippen molar-refractivity contribution in [3.8, 4) is 5.69 Å². The van der Waals surface area contributed by atoms with Crippen molar-refractivity contribution in [2.75, 3.05) is 13.6 Å². The summed E-state index contributed by atoms with van der Waals surface area (Å²) in [4.78, 5) is 26.3. The van der Waals surface area contributed by atoms with Gasteiger partial charge in [-0.1, -0.05) is 31.0 Å². The van der Waals surface area contributed by atoms with Crippen LogP contribution in [-0.4, -0.2) is 51.2 Å². The average molecular weight is 341 g/mol. The predicted molar refractivity (Wildman–Crippen MR) is 93.5 cm³/mol. The molecular formula is C19H23N3O3. The number of Topliss-reactive ketones (excluding diaryl/α,β-unsaturated/α-hetero) is 1. The van der Waals surface area contributed by atoms with Crippen molar-refractivity contribution in [1.82, 2.24) is 14.7 Å². The van der Waals surface area contributed by atoms with Crippen molar-refractivity contribution in [3.63, 3.8) is 0 Å². The van der Waals surface area contributed by atoms with E-state index in [0.29, 0.717) is 6.54 Å². The third-order valence-corrected chi connectivity index (χ3v) is 4.78. The van der Waals surface area contributed by atoms with Crippen LogP contribution in [0.1, 0.15) is 36.0 Å². The summed E-state index contributed by atoms with van der Waals surface area (Å²) in [6.07, 6.45) is 6.33. The van der Waals surface area contributed by atoms with Gasteiger partial charge in [0.2, 0.25) is 0 Å². The molecule has 1 aliphatic carbocycles. The summed E-state index contributed by atoms with van der Waals surface area (Å²) >= 11 is 0. The van der Waals surface area contributed by atoms with E-state index in [9.17, 15) is 14.7 Å². The van der Waals surface area contributed by atoms with Crippen molar-refractivity contribution in [2.45, 2.75) is 31.8 Å². The van der Waals surface area contributed by atoms with E-state index in [2.05, 4.69) is 5.10 Å². The van der Waals surface area contributed by atoms with Crippen molar-refractivity contribution in [1.29, 1.82) is 0 Å². The van der Waals surface area contributed by atoms with Gasteiger partial charge in [-0.15, -0.1) is 0 Å². The van der Waals surface area contributed by atoms with Crippen molar-refractivity contribution >= 4 is 11.7 Å². The number of carbonyl (C=O) groups is 2. The molecule has 6 nitrogen and oxygen atoms in total. The maximum Gasteiger partial charge on any atom is 0.294 e. The Hall–Kier alpha value is -2.47. The molecule has 0 aliphatic heterocycles. The zero-order chi connectivity index (χ0) is 17.8. The number of ketones is 1. The fourth-order valence-electron chi connectivity index (χ4n) is 3.29. The number of rotatable bonds is 5. The highest BCUT2D eigenvalue weighted by molar-refractivity contribution is 6.42. The normalized spacial score (nSPS) is 20.2. The molecule has 6 heteroatoms. The minimum atomic E-state index is -0.574. The van der Waals surface area contributed by atoms with Crippen molar-refractivity contribution in [2.24, 2.45) is 5.92 Å². The van der Waals surface area contributed by atoms with Gasteiger partial charge in [-0.3, -0.25) is 9.59 Å². The summed E-state index contributed by atoms with van der Waals surface area (Å²) in [6, 6.07) is 9.41. The molecule has 0 bridgehead atoms. The van der Waals surface area contributed by atoms with Gasteiger partial charge >= 0.3 is 0 Å². The van der Waals surface area contributed by atoms with Gasteiger partial charge in [0, 0.05) is 25.7 Å². The van der Waals surface area contributed by atoms with E-state index >= 15 is 0 Å². The third kappa shape index (κ3) is 3.96. The molecule has 1 aromatic heterocycles.